The standard InChI is InChI=1S/C18H21NO/c1-14-9-7-8-12-16(14)17-13-19-18(20-17)15-10-5-3-2-4-6-11-15/h7-10,12-13H,2-6,11H2,1H3/b15-10+. The molecule has 0 atom stereocenters. The summed E-state index contributed by atoms with van der Waals surface area (Å²) in [5.41, 5.74) is 3.64. The molecule has 1 aliphatic rings. The van der Waals surface area contributed by atoms with Crippen molar-refractivity contribution in [3.63, 3.8) is 0 Å². The Hall–Kier alpha value is -1.83. The molecule has 0 aliphatic heterocycles. The van der Waals surface area contributed by atoms with Gasteiger partial charge in [-0.05, 0) is 38.2 Å². The van der Waals surface area contributed by atoms with Crippen LogP contribution in [-0.4, -0.2) is 4.98 Å². The lowest BCUT2D eigenvalue weighted by Crippen LogP contribution is -1.90. The number of rotatable bonds is 2. The van der Waals surface area contributed by atoms with Gasteiger partial charge in [-0.3, -0.25) is 0 Å². The number of aryl methyl sites for hydroxylation is 1. The number of allylic oxidation sites excluding steroid dienone is 2. The predicted octanol–water partition coefficient (Wildman–Crippen LogP) is 5.39. The molecule has 0 bridgehead atoms. The lowest BCUT2D eigenvalue weighted by molar-refractivity contribution is 0.545. The Balaban J connectivity index is 1.88. The molecule has 0 spiro atoms. The molecule has 0 fully saturated rings. The first-order valence-electron chi connectivity index (χ1n) is 7.56. The molecule has 1 aromatic carbocycles. The molecular formula is C18H21NO. The van der Waals surface area contributed by atoms with Crippen LogP contribution in [0.4, 0.5) is 0 Å². The van der Waals surface area contributed by atoms with Crippen molar-refractivity contribution in [1.29, 1.82) is 0 Å². The zero-order valence-corrected chi connectivity index (χ0v) is 12.1. The summed E-state index contributed by atoms with van der Waals surface area (Å²) in [5, 5.41) is 0. The molecule has 3 rings (SSSR count). The van der Waals surface area contributed by atoms with Crippen molar-refractivity contribution in [3.8, 4) is 11.3 Å². The van der Waals surface area contributed by atoms with E-state index < -0.39 is 0 Å². The maximum atomic E-state index is 6.01. The van der Waals surface area contributed by atoms with Crippen LogP contribution in [0, 0.1) is 6.92 Å². The molecule has 20 heavy (non-hydrogen) atoms. The zero-order chi connectivity index (χ0) is 13.8. The van der Waals surface area contributed by atoms with Gasteiger partial charge in [0.15, 0.2) is 5.76 Å². The van der Waals surface area contributed by atoms with Crippen LogP contribution in [0.15, 0.2) is 41.0 Å². The highest BCUT2D eigenvalue weighted by Crippen LogP contribution is 2.29. The number of hydrogen-bond donors (Lipinski definition) is 0. The summed E-state index contributed by atoms with van der Waals surface area (Å²) in [4.78, 5) is 4.49. The van der Waals surface area contributed by atoms with E-state index in [1.807, 2.05) is 18.3 Å². The fourth-order valence-corrected chi connectivity index (χ4v) is 2.78. The normalized spacial score (nSPS) is 18.9. The molecule has 2 aromatic rings. The molecule has 0 saturated heterocycles. The van der Waals surface area contributed by atoms with Crippen LogP contribution >= 0.6 is 0 Å². The second kappa shape index (κ2) is 6.08. The van der Waals surface area contributed by atoms with Gasteiger partial charge in [0.05, 0.1) is 6.20 Å². The fourth-order valence-electron chi connectivity index (χ4n) is 2.78. The van der Waals surface area contributed by atoms with Crippen molar-refractivity contribution in [1.82, 2.24) is 4.98 Å². The molecule has 2 nitrogen and oxygen atoms in total. The van der Waals surface area contributed by atoms with Crippen molar-refractivity contribution in [2.45, 2.75) is 45.4 Å². The number of benzene rings is 1. The van der Waals surface area contributed by atoms with Gasteiger partial charge in [0.25, 0.3) is 0 Å². The van der Waals surface area contributed by atoms with Crippen LogP contribution in [0.1, 0.15) is 50.0 Å². The van der Waals surface area contributed by atoms with Gasteiger partial charge in [0, 0.05) is 11.1 Å². The Morgan fingerprint density at radius 3 is 2.80 bits per heavy atom. The average molecular weight is 267 g/mol. The maximum Gasteiger partial charge on any atom is 0.222 e. The van der Waals surface area contributed by atoms with Crippen LogP contribution < -0.4 is 0 Å². The molecule has 104 valence electrons. The smallest absolute Gasteiger partial charge is 0.222 e. The van der Waals surface area contributed by atoms with Crippen LogP contribution in [0.3, 0.4) is 0 Å². The molecule has 0 saturated carbocycles. The zero-order valence-electron chi connectivity index (χ0n) is 12.1. The van der Waals surface area contributed by atoms with Crippen LogP contribution in [-0.2, 0) is 0 Å². The molecule has 2 heteroatoms. The van der Waals surface area contributed by atoms with E-state index >= 15 is 0 Å². The van der Waals surface area contributed by atoms with Crippen molar-refractivity contribution >= 4 is 5.57 Å². The van der Waals surface area contributed by atoms with Gasteiger partial charge in [-0.15, -0.1) is 0 Å². The van der Waals surface area contributed by atoms with Gasteiger partial charge in [0.1, 0.15) is 0 Å². The second-order valence-corrected chi connectivity index (χ2v) is 5.53. The molecule has 1 heterocycles. The van der Waals surface area contributed by atoms with E-state index in [0.29, 0.717) is 0 Å². The fraction of sp³-hybridized carbons (Fsp3) is 0.389. The average Bonchev–Trinajstić information content (AvgIpc) is 2.88. The third-order valence-corrected chi connectivity index (χ3v) is 3.98. The number of oxazole rings is 1. The summed E-state index contributed by atoms with van der Waals surface area (Å²) < 4.78 is 6.01. The Morgan fingerprint density at radius 1 is 1.05 bits per heavy atom. The largest absolute Gasteiger partial charge is 0.436 e. The Labute approximate surface area is 120 Å². The minimum Gasteiger partial charge on any atom is -0.436 e. The molecule has 1 aromatic heterocycles. The molecule has 1 aliphatic carbocycles. The second-order valence-electron chi connectivity index (χ2n) is 5.53. The highest BCUT2D eigenvalue weighted by molar-refractivity contribution is 5.64. The summed E-state index contributed by atoms with van der Waals surface area (Å²) in [5.74, 6) is 1.69. The van der Waals surface area contributed by atoms with Gasteiger partial charge in [-0.2, -0.15) is 0 Å². The SMILES string of the molecule is Cc1ccccc1-c1cnc(/C2=C/CCCCCC2)o1. The highest BCUT2D eigenvalue weighted by Gasteiger charge is 2.12. The van der Waals surface area contributed by atoms with Crippen molar-refractivity contribution < 1.29 is 4.42 Å². The third kappa shape index (κ3) is 2.84. The predicted molar refractivity (Wildman–Crippen MR) is 82.4 cm³/mol. The topological polar surface area (TPSA) is 26.0 Å². The summed E-state index contributed by atoms with van der Waals surface area (Å²) in [7, 11) is 0. The minimum absolute atomic E-state index is 0.810. The summed E-state index contributed by atoms with van der Waals surface area (Å²) >= 11 is 0. The number of hydrogen-bond acceptors (Lipinski definition) is 2. The Morgan fingerprint density at radius 2 is 1.90 bits per heavy atom. The number of aromatic nitrogens is 1. The van der Waals surface area contributed by atoms with Gasteiger partial charge in [0.2, 0.25) is 5.89 Å². The molecule has 0 radical (unpaired) electrons. The summed E-state index contributed by atoms with van der Waals surface area (Å²) in [6.45, 7) is 2.10. The quantitative estimate of drug-likeness (QED) is 0.729. The molecule has 0 unspecified atom stereocenters. The lowest BCUT2D eigenvalue weighted by Gasteiger charge is -2.08. The van der Waals surface area contributed by atoms with Crippen LogP contribution in [0.2, 0.25) is 0 Å². The summed E-state index contributed by atoms with van der Waals surface area (Å²) in [6.07, 6.45) is 11.6. The van der Waals surface area contributed by atoms with Gasteiger partial charge >= 0.3 is 0 Å². The first kappa shape index (κ1) is 13.2. The van der Waals surface area contributed by atoms with E-state index in [1.165, 1.54) is 36.8 Å². The van der Waals surface area contributed by atoms with Crippen molar-refractivity contribution in [2.24, 2.45) is 0 Å². The third-order valence-electron chi connectivity index (χ3n) is 3.98. The molecule has 0 amide bonds. The summed E-state index contributed by atoms with van der Waals surface area (Å²) in [6, 6.07) is 8.28. The van der Waals surface area contributed by atoms with Gasteiger partial charge in [-0.25, -0.2) is 4.98 Å². The highest BCUT2D eigenvalue weighted by atomic mass is 16.4. The van der Waals surface area contributed by atoms with Crippen LogP contribution in [0.5, 0.6) is 0 Å². The number of nitrogens with zero attached hydrogens (tertiary/aromatic N) is 1. The van der Waals surface area contributed by atoms with E-state index in [9.17, 15) is 0 Å². The van der Waals surface area contributed by atoms with Crippen molar-refractivity contribution in [2.75, 3.05) is 0 Å². The molecule has 0 N–H and O–H groups in total. The van der Waals surface area contributed by atoms with Crippen LogP contribution in [0.25, 0.3) is 16.9 Å². The first-order chi connectivity index (χ1) is 9.84. The van der Waals surface area contributed by atoms with E-state index in [0.717, 1.165) is 30.1 Å². The monoisotopic (exact) mass is 267 g/mol. The van der Waals surface area contributed by atoms with Crippen molar-refractivity contribution in [3.05, 3.63) is 48.0 Å². The van der Waals surface area contributed by atoms with E-state index in [4.69, 9.17) is 4.42 Å². The Bertz CT molecular complexity index is 609. The van der Waals surface area contributed by atoms with E-state index in [2.05, 4.69) is 30.1 Å². The van der Waals surface area contributed by atoms with Gasteiger partial charge in [-0.1, -0.05) is 43.2 Å². The van der Waals surface area contributed by atoms with E-state index in [1.54, 1.807) is 0 Å². The lowest BCUT2D eigenvalue weighted by atomic mass is 10.00. The molecular weight excluding hydrogens is 246 g/mol. The minimum atomic E-state index is 0.810. The maximum absolute atomic E-state index is 6.01. The van der Waals surface area contributed by atoms with E-state index in [-0.39, 0.29) is 0 Å². The first-order valence-corrected chi connectivity index (χ1v) is 7.56. The Kier molecular flexibility index (Phi) is 4.00. The van der Waals surface area contributed by atoms with Gasteiger partial charge < -0.3 is 4.42 Å².